The minimum absolute atomic E-state index is 0.136. The third-order valence-electron chi connectivity index (χ3n) is 2.72. The van der Waals surface area contributed by atoms with Crippen LogP contribution in [0.1, 0.15) is 24.2 Å². The maximum absolute atomic E-state index is 11.7. The molecule has 0 fully saturated rings. The molecule has 0 unspecified atom stereocenters. The van der Waals surface area contributed by atoms with E-state index >= 15 is 0 Å². The van der Waals surface area contributed by atoms with E-state index < -0.39 is 11.8 Å². The molecule has 118 valence electrons. The summed E-state index contributed by atoms with van der Waals surface area (Å²) in [6.07, 6.45) is 1.22. The molecule has 0 atom stereocenters. The van der Waals surface area contributed by atoms with E-state index in [0.29, 0.717) is 5.69 Å². The monoisotopic (exact) mass is 324 g/mol. The van der Waals surface area contributed by atoms with E-state index in [4.69, 9.17) is 16.3 Å². The Balaban J connectivity index is 3.08. The molecule has 1 aromatic carbocycles. The molecule has 0 heterocycles. The first-order valence-electron chi connectivity index (χ1n) is 6.57. The molecule has 0 saturated heterocycles. The molecule has 22 heavy (non-hydrogen) atoms. The Morgan fingerprint density at radius 1 is 1.32 bits per heavy atom. The predicted octanol–water partition coefficient (Wildman–Crippen LogP) is 2.15. The summed E-state index contributed by atoms with van der Waals surface area (Å²) in [5.74, 6) is -1.50. The van der Waals surface area contributed by atoms with Crippen molar-refractivity contribution in [2.75, 3.05) is 19.0 Å². The van der Waals surface area contributed by atoms with Crippen molar-refractivity contribution in [2.24, 2.45) is 0 Å². The van der Waals surface area contributed by atoms with Crippen LogP contribution in [0.3, 0.4) is 0 Å². The standard InChI is InChI=1S/C15H17ClN2O4/c1-4-22-15(21)11(9(2)19)8-18-12-7-5-6-10(13(12)16)14(20)17-3/h5-8,18H,4H2,1-3H3,(H,17,20). The van der Waals surface area contributed by atoms with Gasteiger partial charge in [-0.3, -0.25) is 9.59 Å². The van der Waals surface area contributed by atoms with Gasteiger partial charge in [0.15, 0.2) is 5.78 Å². The van der Waals surface area contributed by atoms with Crippen molar-refractivity contribution in [2.45, 2.75) is 13.8 Å². The molecule has 0 radical (unpaired) electrons. The molecular formula is C15H17ClN2O4. The molecule has 0 aliphatic carbocycles. The van der Waals surface area contributed by atoms with Crippen molar-refractivity contribution in [3.8, 4) is 0 Å². The Morgan fingerprint density at radius 2 is 2.00 bits per heavy atom. The number of hydrogen-bond donors (Lipinski definition) is 2. The number of nitrogens with one attached hydrogen (secondary N) is 2. The van der Waals surface area contributed by atoms with Gasteiger partial charge in [-0.05, 0) is 26.0 Å². The first kappa shape index (κ1) is 17.7. The van der Waals surface area contributed by atoms with E-state index in [1.807, 2.05) is 0 Å². The molecule has 2 N–H and O–H groups in total. The van der Waals surface area contributed by atoms with Crippen LogP contribution in [0, 0.1) is 0 Å². The zero-order chi connectivity index (χ0) is 16.7. The molecule has 1 aromatic rings. The second kappa shape index (κ2) is 8.19. The third-order valence-corrected chi connectivity index (χ3v) is 3.12. The molecule has 0 aliphatic heterocycles. The highest BCUT2D eigenvalue weighted by Crippen LogP contribution is 2.26. The zero-order valence-corrected chi connectivity index (χ0v) is 13.3. The number of esters is 1. The first-order chi connectivity index (χ1) is 10.4. The van der Waals surface area contributed by atoms with Crippen LogP contribution in [0.4, 0.5) is 5.69 Å². The molecule has 0 bridgehead atoms. The fourth-order valence-electron chi connectivity index (χ4n) is 1.62. The van der Waals surface area contributed by atoms with E-state index in [9.17, 15) is 14.4 Å². The molecule has 0 aromatic heterocycles. The number of carbonyl (C=O) groups is 3. The van der Waals surface area contributed by atoms with Gasteiger partial charge < -0.3 is 15.4 Å². The lowest BCUT2D eigenvalue weighted by atomic mass is 10.1. The minimum Gasteiger partial charge on any atom is -0.462 e. The van der Waals surface area contributed by atoms with Gasteiger partial charge in [0.1, 0.15) is 5.57 Å². The first-order valence-corrected chi connectivity index (χ1v) is 6.95. The number of halogens is 1. The summed E-state index contributed by atoms with van der Waals surface area (Å²) in [6, 6.07) is 4.81. The Bertz CT molecular complexity index is 626. The number of Topliss-reactive ketones (excluding diaryl/α,β-unsaturated/α-hetero) is 1. The normalized spacial score (nSPS) is 10.8. The van der Waals surface area contributed by atoms with E-state index in [1.54, 1.807) is 25.1 Å². The molecule has 1 amide bonds. The van der Waals surface area contributed by atoms with Crippen molar-refractivity contribution >= 4 is 34.9 Å². The van der Waals surface area contributed by atoms with Crippen molar-refractivity contribution in [1.29, 1.82) is 0 Å². The molecule has 1 rings (SSSR count). The molecule has 0 spiro atoms. The third kappa shape index (κ3) is 4.33. The highest BCUT2D eigenvalue weighted by Gasteiger charge is 2.16. The number of anilines is 1. The Hall–Kier alpha value is -2.34. The highest BCUT2D eigenvalue weighted by atomic mass is 35.5. The van der Waals surface area contributed by atoms with Gasteiger partial charge in [-0.2, -0.15) is 0 Å². The highest BCUT2D eigenvalue weighted by molar-refractivity contribution is 6.36. The summed E-state index contributed by atoms with van der Waals surface area (Å²) in [4.78, 5) is 34.8. The lowest BCUT2D eigenvalue weighted by molar-refractivity contribution is -0.139. The van der Waals surface area contributed by atoms with E-state index in [-0.39, 0.29) is 28.7 Å². The van der Waals surface area contributed by atoms with Gasteiger partial charge in [0.25, 0.3) is 5.91 Å². The fourth-order valence-corrected chi connectivity index (χ4v) is 1.88. The van der Waals surface area contributed by atoms with E-state index in [0.717, 1.165) is 0 Å². The second-order valence-electron chi connectivity index (χ2n) is 4.23. The molecule has 0 saturated carbocycles. The summed E-state index contributed by atoms with van der Waals surface area (Å²) in [5, 5.41) is 5.42. The van der Waals surface area contributed by atoms with Crippen molar-refractivity contribution < 1.29 is 19.1 Å². The summed E-state index contributed by atoms with van der Waals surface area (Å²) in [6.45, 7) is 3.07. The smallest absolute Gasteiger partial charge is 0.343 e. The summed E-state index contributed by atoms with van der Waals surface area (Å²) in [7, 11) is 1.49. The number of hydrogen-bond acceptors (Lipinski definition) is 5. The van der Waals surface area contributed by atoms with Crippen LogP contribution in [0.15, 0.2) is 30.0 Å². The number of ketones is 1. The minimum atomic E-state index is -0.721. The molecule has 7 heteroatoms. The van der Waals surface area contributed by atoms with Crippen molar-refractivity contribution in [3.05, 3.63) is 40.6 Å². The Labute approximate surface area is 133 Å². The SMILES string of the molecule is CCOC(=O)C(=CNc1cccc(C(=O)NC)c1Cl)C(C)=O. The van der Waals surface area contributed by atoms with Crippen LogP contribution >= 0.6 is 11.6 Å². The zero-order valence-electron chi connectivity index (χ0n) is 12.5. The van der Waals surface area contributed by atoms with Gasteiger partial charge >= 0.3 is 5.97 Å². The summed E-state index contributed by atoms with van der Waals surface area (Å²) in [5.41, 5.74) is 0.539. The van der Waals surface area contributed by atoms with Gasteiger partial charge in [-0.1, -0.05) is 17.7 Å². The predicted molar refractivity (Wildman–Crippen MR) is 83.9 cm³/mol. The van der Waals surface area contributed by atoms with Crippen LogP contribution in [0.5, 0.6) is 0 Å². The van der Waals surface area contributed by atoms with Crippen LogP contribution < -0.4 is 10.6 Å². The molecule has 0 aliphatic rings. The number of benzene rings is 1. The number of carbonyl (C=O) groups excluding carboxylic acids is 3. The quantitative estimate of drug-likeness (QED) is 0.362. The van der Waals surface area contributed by atoms with Crippen LogP contribution in [0.25, 0.3) is 0 Å². The number of ether oxygens (including phenoxy) is 1. The lowest BCUT2D eigenvalue weighted by Crippen LogP contribution is -2.18. The molecular weight excluding hydrogens is 308 g/mol. The summed E-state index contributed by atoms with van der Waals surface area (Å²) >= 11 is 6.13. The average Bonchev–Trinajstić information content (AvgIpc) is 2.48. The fraction of sp³-hybridized carbons (Fsp3) is 0.267. The van der Waals surface area contributed by atoms with Crippen molar-refractivity contribution in [3.63, 3.8) is 0 Å². The van der Waals surface area contributed by atoms with Gasteiger partial charge in [-0.15, -0.1) is 0 Å². The van der Waals surface area contributed by atoms with E-state index in [2.05, 4.69) is 10.6 Å². The topological polar surface area (TPSA) is 84.5 Å². The van der Waals surface area contributed by atoms with Crippen LogP contribution in [0.2, 0.25) is 5.02 Å². The second-order valence-corrected chi connectivity index (χ2v) is 4.60. The number of amides is 1. The van der Waals surface area contributed by atoms with Gasteiger partial charge in [0.2, 0.25) is 0 Å². The van der Waals surface area contributed by atoms with Crippen LogP contribution in [-0.4, -0.2) is 31.3 Å². The Morgan fingerprint density at radius 3 is 2.55 bits per heavy atom. The van der Waals surface area contributed by atoms with Crippen molar-refractivity contribution in [1.82, 2.24) is 5.32 Å². The largest absolute Gasteiger partial charge is 0.462 e. The van der Waals surface area contributed by atoms with Crippen LogP contribution in [-0.2, 0) is 14.3 Å². The lowest BCUT2D eigenvalue weighted by Gasteiger charge is -2.09. The number of rotatable bonds is 6. The van der Waals surface area contributed by atoms with Gasteiger partial charge in [-0.25, -0.2) is 4.79 Å². The molecule has 6 nitrogen and oxygen atoms in total. The maximum atomic E-state index is 11.7. The Kier molecular flexibility index (Phi) is 6.59. The van der Waals surface area contributed by atoms with Gasteiger partial charge in [0, 0.05) is 13.2 Å². The maximum Gasteiger partial charge on any atom is 0.343 e. The average molecular weight is 325 g/mol. The summed E-state index contributed by atoms with van der Waals surface area (Å²) < 4.78 is 4.80. The van der Waals surface area contributed by atoms with E-state index in [1.165, 1.54) is 20.2 Å². The van der Waals surface area contributed by atoms with Gasteiger partial charge in [0.05, 0.1) is 22.9 Å².